The van der Waals surface area contributed by atoms with Gasteiger partial charge in [0.05, 0.1) is 0 Å². The Hall–Kier alpha value is -2.32. The summed E-state index contributed by atoms with van der Waals surface area (Å²) in [7, 11) is 0. The maximum atomic E-state index is 9.75. The Morgan fingerprint density at radius 1 is 0.885 bits per heavy atom. The molecule has 2 N–H and O–H groups in total. The van der Waals surface area contributed by atoms with Gasteiger partial charge in [0.2, 0.25) is 0 Å². The van der Waals surface area contributed by atoms with E-state index in [2.05, 4.69) is 43.6 Å². The lowest BCUT2D eigenvalue weighted by Gasteiger charge is -2.45. The van der Waals surface area contributed by atoms with Crippen LogP contribution in [0, 0.1) is 0 Å². The number of rotatable bonds is 4. The van der Waals surface area contributed by atoms with Gasteiger partial charge in [0.1, 0.15) is 23.8 Å². The second kappa shape index (κ2) is 7.51. The van der Waals surface area contributed by atoms with Crippen molar-refractivity contribution in [1.82, 2.24) is 19.9 Å². The summed E-state index contributed by atoms with van der Waals surface area (Å²) in [6.45, 7) is 9.16. The van der Waals surface area contributed by atoms with Crippen LogP contribution in [0.1, 0.15) is 51.6 Å². The van der Waals surface area contributed by atoms with E-state index in [-0.39, 0.29) is 12.1 Å². The quantitative estimate of drug-likeness (QED) is 0.848. The van der Waals surface area contributed by atoms with Gasteiger partial charge in [-0.2, -0.15) is 0 Å². The fourth-order valence-electron chi connectivity index (χ4n) is 3.41. The third kappa shape index (κ3) is 3.76. The molecule has 1 saturated heterocycles. The van der Waals surface area contributed by atoms with Crippen LogP contribution < -0.4 is 9.80 Å². The van der Waals surface area contributed by atoms with Crippen LogP contribution in [0.25, 0.3) is 0 Å². The van der Waals surface area contributed by atoms with Crippen molar-refractivity contribution in [3.8, 4) is 0 Å². The van der Waals surface area contributed by atoms with E-state index in [0.29, 0.717) is 11.6 Å². The molecule has 0 amide bonds. The van der Waals surface area contributed by atoms with Gasteiger partial charge in [-0.3, -0.25) is 0 Å². The zero-order valence-corrected chi connectivity index (χ0v) is 15.6. The molecule has 0 aromatic carbocycles. The number of anilines is 2. The second-order valence-corrected chi connectivity index (χ2v) is 6.91. The molecule has 3 heterocycles. The van der Waals surface area contributed by atoms with Crippen molar-refractivity contribution in [1.29, 1.82) is 0 Å². The number of aliphatic hydroxyl groups excluding tert-OH is 2. The Bertz CT molecular complexity index is 742. The summed E-state index contributed by atoms with van der Waals surface area (Å²) in [5.74, 6) is 2.51. The molecule has 0 spiro atoms. The minimum Gasteiger partial charge on any atom is -0.385 e. The van der Waals surface area contributed by atoms with Crippen molar-refractivity contribution >= 4 is 11.6 Å². The standard InChI is InChI=1S/C18H26N6O2/c1-11-9-23(15-5-7-19-17(21-15)13(3)25)10-12(2)24(11)16-6-8-20-18(22-16)14(4)26/h5-8,11-14,25-26H,9-10H2,1-4H3/t11-,12+,13-,14-/m1/s1. The maximum absolute atomic E-state index is 9.75. The van der Waals surface area contributed by atoms with Gasteiger partial charge in [0, 0.05) is 37.6 Å². The molecule has 1 aliphatic rings. The summed E-state index contributed by atoms with van der Waals surface area (Å²) in [5, 5.41) is 19.5. The molecular formula is C18H26N6O2. The first-order valence-corrected chi connectivity index (χ1v) is 8.92. The van der Waals surface area contributed by atoms with Gasteiger partial charge in [-0.25, -0.2) is 19.9 Å². The number of hydrogen-bond acceptors (Lipinski definition) is 8. The van der Waals surface area contributed by atoms with E-state index in [1.165, 1.54) is 0 Å². The molecule has 3 rings (SSSR count). The first-order chi connectivity index (χ1) is 12.4. The highest BCUT2D eigenvalue weighted by molar-refractivity contribution is 5.47. The van der Waals surface area contributed by atoms with Crippen molar-refractivity contribution in [2.24, 2.45) is 0 Å². The molecule has 8 nitrogen and oxygen atoms in total. The summed E-state index contributed by atoms with van der Waals surface area (Å²) in [6.07, 6.45) is 1.99. The number of hydrogen-bond donors (Lipinski definition) is 2. The largest absolute Gasteiger partial charge is 0.385 e. The SMILES string of the molecule is C[C@@H]1CN(c2ccnc([C@@H](C)O)n2)C[C@H](C)N1c1ccnc([C@@H](C)O)n1. The highest BCUT2D eigenvalue weighted by Crippen LogP contribution is 2.26. The van der Waals surface area contributed by atoms with E-state index in [0.717, 1.165) is 24.7 Å². The molecular weight excluding hydrogens is 332 g/mol. The molecule has 140 valence electrons. The molecule has 4 atom stereocenters. The van der Waals surface area contributed by atoms with Crippen LogP contribution >= 0.6 is 0 Å². The topological polar surface area (TPSA) is 98.5 Å². The van der Waals surface area contributed by atoms with Crippen LogP contribution in [0.3, 0.4) is 0 Å². The number of nitrogens with zero attached hydrogens (tertiary/aromatic N) is 6. The lowest BCUT2D eigenvalue weighted by molar-refractivity contribution is 0.188. The average molecular weight is 358 g/mol. The minimum atomic E-state index is -0.693. The van der Waals surface area contributed by atoms with Gasteiger partial charge in [0.15, 0.2) is 11.6 Å². The second-order valence-electron chi connectivity index (χ2n) is 6.91. The van der Waals surface area contributed by atoms with Crippen molar-refractivity contribution in [2.75, 3.05) is 22.9 Å². The lowest BCUT2D eigenvalue weighted by atomic mass is 10.1. The molecule has 1 aliphatic heterocycles. The summed E-state index contributed by atoms with van der Waals surface area (Å²) in [6, 6.07) is 4.14. The molecule has 1 fully saturated rings. The normalized spacial score (nSPS) is 23.0. The number of aliphatic hydroxyl groups is 2. The summed E-state index contributed by atoms with van der Waals surface area (Å²) < 4.78 is 0. The Balaban J connectivity index is 1.81. The zero-order valence-electron chi connectivity index (χ0n) is 15.6. The zero-order chi connectivity index (χ0) is 18.8. The molecule has 2 aromatic heterocycles. The monoisotopic (exact) mass is 358 g/mol. The predicted octanol–water partition coefficient (Wildman–Crippen LogP) is 1.48. The van der Waals surface area contributed by atoms with Crippen molar-refractivity contribution in [2.45, 2.75) is 52.0 Å². The molecule has 2 aromatic rings. The van der Waals surface area contributed by atoms with E-state index in [9.17, 15) is 10.2 Å². The van der Waals surface area contributed by atoms with Gasteiger partial charge in [0.25, 0.3) is 0 Å². The van der Waals surface area contributed by atoms with Gasteiger partial charge in [-0.1, -0.05) is 0 Å². The first kappa shape index (κ1) is 18.5. The molecule has 0 bridgehead atoms. The lowest BCUT2D eigenvalue weighted by Crippen LogP contribution is -2.57. The average Bonchev–Trinajstić information content (AvgIpc) is 2.61. The van der Waals surface area contributed by atoms with Crippen LogP contribution in [-0.2, 0) is 0 Å². The van der Waals surface area contributed by atoms with Crippen LogP contribution in [0.4, 0.5) is 11.6 Å². The Morgan fingerprint density at radius 3 is 1.85 bits per heavy atom. The van der Waals surface area contributed by atoms with Gasteiger partial charge in [-0.15, -0.1) is 0 Å². The fourth-order valence-corrected chi connectivity index (χ4v) is 3.41. The highest BCUT2D eigenvalue weighted by atomic mass is 16.3. The van der Waals surface area contributed by atoms with Crippen molar-refractivity contribution < 1.29 is 10.2 Å². The van der Waals surface area contributed by atoms with Crippen LogP contribution in [0.2, 0.25) is 0 Å². The van der Waals surface area contributed by atoms with Gasteiger partial charge >= 0.3 is 0 Å². The van der Waals surface area contributed by atoms with Crippen LogP contribution in [0.5, 0.6) is 0 Å². The Labute approximate surface area is 153 Å². The molecule has 0 aliphatic carbocycles. The summed E-state index contributed by atoms with van der Waals surface area (Å²) >= 11 is 0. The van der Waals surface area contributed by atoms with Crippen LogP contribution in [0.15, 0.2) is 24.5 Å². The summed E-state index contributed by atoms with van der Waals surface area (Å²) in [5.41, 5.74) is 0. The third-order valence-corrected chi connectivity index (χ3v) is 4.57. The van der Waals surface area contributed by atoms with E-state index in [1.54, 1.807) is 26.2 Å². The molecule has 0 radical (unpaired) electrons. The summed E-state index contributed by atoms with van der Waals surface area (Å²) in [4.78, 5) is 21.7. The number of aromatic nitrogens is 4. The van der Waals surface area contributed by atoms with Crippen molar-refractivity contribution in [3.05, 3.63) is 36.2 Å². The van der Waals surface area contributed by atoms with E-state index >= 15 is 0 Å². The predicted molar refractivity (Wildman–Crippen MR) is 98.9 cm³/mol. The molecule has 8 heteroatoms. The van der Waals surface area contributed by atoms with Gasteiger partial charge in [-0.05, 0) is 39.8 Å². The molecule has 0 unspecified atom stereocenters. The van der Waals surface area contributed by atoms with Crippen LogP contribution in [-0.4, -0.2) is 55.3 Å². The van der Waals surface area contributed by atoms with E-state index < -0.39 is 12.2 Å². The van der Waals surface area contributed by atoms with Crippen molar-refractivity contribution in [3.63, 3.8) is 0 Å². The first-order valence-electron chi connectivity index (χ1n) is 8.92. The van der Waals surface area contributed by atoms with Gasteiger partial charge < -0.3 is 20.0 Å². The minimum absolute atomic E-state index is 0.195. The third-order valence-electron chi connectivity index (χ3n) is 4.57. The fraction of sp³-hybridized carbons (Fsp3) is 0.556. The van der Waals surface area contributed by atoms with E-state index in [4.69, 9.17) is 0 Å². The highest BCUT2D eigenvalue weighted by Gasteiger charge is 2.31. The van der Waals surface area contributed by atoms with E-state index in [1.807, 2.05) is 12.1 Å². The smallest absolute Gasteiger partial charge is 0.158 e. The Morgan fingerprint density at radius 2 is 1.35 bits per heavy atom. The molecule has 0 saturated carbocycles. The number of piperazine rings is 1. The molecule has 26 heavy (non-hydrogen) atoms. The Kier molecular flexibility index (Phi) is 5.33. The maximum Gasteiger partial charge on any atom is 0.158 e.